The van der Waals surface area contributed by atoms with Gasteiger partial charge >= 0.3 is 0 Å². The van der Waals surface area contributed by atoms with Crippen LogP contribution in [-0.2, 0) is 0 Å². The minimum absolute atomic E-state index is 0.00342. The van der Waals surface area contributed by atoms with Gasteiger partial charge in [-0.25, -0.2) is 17.6 Å². The van der Waals surface area contributed by atoms with Crippen molar-refractivity contribution in [1.29, 1.82) is 0 Å². The zero-order valence-corrected chi connectivity index (χ0v) is 18.3. The van der Waals surface area contributed by atoms with E-state index < -0.39 is 24.7 Å². The number of halogens is 4. The van der Waals surface area contributed by atoms with E-state index in [9.17, 15) is 13.2 Å². The van der Waals surface area contributed by atoms with Crippen LogP contribution in [0.4, 0.5) is 17.6 Å². The molecule has 0 bridgehead atoms. The highest BCUT2D eigenvalue weighted by Crippen LogP contribution is 2.49. The van der Waals surface area contributed by atoms with E-state index in [0.29, 0.717) is 18.3 Å². The summed E-state index contributed by atoms with van der Waals surface area (Å²) in [6.07, 6.45) is 8.16. The zero-order chi connectivity index (χ0) is 21.3. The Morgan fingerprint density at radius 3 is 1.43 bits per heavy atom. The van der Waals surface area contributed by atoms with Crippen LogP contribution in [0.25, 0.3) is 0 Å². The number of allylic oxidation sites excluding steroid dienone is 1. The normalized spacial score (nSPS) is 50.7. The van der Waals surface area contributed by atoms with Gasteiger partial charge in [-0.3, -0.25) is 0 Å². The first-order valence-corrected chi connectivity index (χ1v) is 12.6. The summed E-state index contributed by atoms with van der Waals surface area (Å²) in [5.74, 6) is 2.88. The summed E-state index contributed by atoms with van der Waals surface area (Å²) >= 11 is 0. The Morgan fingerprint density at radius 1 is 0.500 bits per heavy atom. The minimum atomic E-state index is -2.02. The molecule has 4 fully saturated rings. The van der Waals surface area contributed by atoms with Crippen molar-refractivity contribution in [3.05, 3.63) is 12.7 Å². The Balaban J connectivity index is 1.23. The standard InChI is InChI=1S/C26H40F4/c1-2-16-3-5-17(6-4-16)18-7-9-19(10-8-18)20-11-12-22(23(27)13-20)21-14-24(28)26(30)25(29)15-21/h2,16-26H,1,3-15H2. The zero-order valence-electron chi connectivity index (χ0n) is 18.3. The molecule has 0 aliphatic heterocycles. The third kappa shape index (κ3) is 4.93. The van der Waals surface area contributed by atoms with Gasteiger partial charge in [-0.05, 0) is 125 Å². The molecule has 5 atom stereocenters. The molecule has 4 heteroatoms. The van der Waals surface area contributed by atoms with Crippen LogP contribution in [0, 0.1) is 41.4 Å². The third-order valence-corrected chi connectivity index (χ3v) is 9.52. The molecular weight excluding hydrogens is 388 g/mol. The molecular formula is C26H40F4. The second-order valence-electron chi connectivity index (χ2n) is 11.0. The van der Waals surface area contributed by atoms with Crippen LogP contribution in [0.15, 0.2) is 12.7 Å². The van der Waals surface area contributed by atoms with Gasteiger partial charge in [-0.2, -0.15) is 0 Å². The van der Waals surface area contributed by atoms with Gasteiger partial charge in [0.2, 0.25) is 0 Å². The van der Waals surface area contributed by atoms with Crippen molar-refractivity contribution < 1.29 is 17.6 Å². The maximum atomic E-state index is 15.1. The first kappa shape index (κ1) is 22.6. The lowest BCUT2D eigenvalue weighted by Crippen LogP contribution is -2.43. The van der Waals surface area contributed by atoms with E-state index in [2.05, 4.69) is 12.7 Å². The van der Waals surface area contributed by atoms with Crippen molar-refractivity contribution in [2.75, 3.05) is 0 Å². The fourth-order valence-corrected chi connectivity index (χ4v) is 7.58. The Labute approximate surface area is 180 Å². The van der Waals surface area contributed by atoms with Crippen LogP contribution in [0.1, 0.15) is 83.5 Å². The first-order chi connectivity index (χ1) is 14.5. The van der Waals surface area contributed by atoms with Crippen LogP contribution in [0.5, 0.6) is 0 Å². The maximum absolute atomic E-state index is 15.1. The lowest BCUT2D eigenvalue weighted by molar-refractivity contribution is -0.0292. The SMILES string of the molecule is C=CC1CCC(C2CCC(C3CCC(C4CC(F)C(F)C(F)C4)C(F)C3)CC2)CC1. The molecule has 0 aromatic rings. The third-order valence-electron chi connectivity index (χ3n) is 9.52. The fourth-order valence-electron chi connectivity index (χ4n) is 7.58. The highest BCUT2D eigenvalue weighted by molar-refractivity contribution is 4.95. The van der Waals surface area contributed by atoms with Gasteiger partial charge in [0.15, 0.2) is 6.17 Å². The molecule has 30 heavy (non-hydrogen) atoms. The predicted octanol–water partition coefficient (Wildman–Crippen LogP) is 7.96. The van der Waals surface area contributed by atoms with E-state index >= 15 is 4.39 Å². The van der Waals surface area contributed by atoms with Gasteiger partial charge in [-0.15, -0.1) is 6.58 Å². The summed E-state index contributed by atoms with van der Waals surface area (Å²) in [6.45, 7) is 3.95. The molecule has 4 aliphatic carbocycles. The first-order valence-electron chi connectivity index (χ1n) is 12.6. The maximum Gasteiger partial charge on any atom is 0.162 e. The molecule has 0 N–H and O–H groups in total. The molecule has 0 nitrogen and oxygen atoms in total. The molecule has 0 heterocycles. The van der Waals surface area contributed by atoms with Gasteiger partial charge in [-0.1, -0.05) is 6.08 Å². The molecule has 4 rings (SSSR count). The Hall–Kier alpha value is -0.540. The van der Waals surface area contributed by atoms with E-state index in [1.165, 1.54) is 51.4 Å². The molecule has 4 aliphatic rings. The Bertz CT molecular complexity index is 537. The molecule has 0 saturated heterocycles. The number of hydrogen-bond donors (Lipinski definition) is 0. The Morgan fingerprint density at radius 2 is 0.933 bits per heavy atom. The Kier molecular flexibility index (Phi) is 7.51. The quantitative estimate of drug-likeness (QED) is 0.315. The average molecular weight is 429 g/mol. The van der Waals surface area contributed by atoms with Crippen LogP contribution in [0.2, 0.25) is 0 Å². The molecule has 172 valence electrons. The molecule has 0 aromatic heterocycles. The average Bonchev–Trinajstić information content (AvgIpc) is 2.77. The van der Waals surface area contributed by atoms with Gasteiger partial charge in [0, 0.05) is 0 Å². The highest BCUT2D eigenvalue weighted by Gasteiger charge is 2.46. The summed E-state index contributed by atoms with van der Waals surface area (Å²) in [6, 6.07) is 0. The van der Waals surface area contributed by atoms with Crippen molar-refractivity contribution in [2.45, 2.75) is 108 Å². The minimum Gasteiger partial charge on any atom is -0.247 e. The molecule has 0 spiro atoms. The van der Waals surface area contributed by atoms with E-state index in [4.69, 9.17) is 0 Å². The number of rotatable bonds is 4. The van der Waals surface area contributed by atoms with Crippen molar-refractivity contribution >= 4 is 0 Å². The summed E-state index contributed by atoms with van der Waals surface area (Å²) in [5, 5.41) is 0. The highest BCUT2D eigenvalue weighted by atomic mass is 19.2. The summed E-state index contributed by atoms with van der Waals surface area (Å²) < 4.78 is 56.2. The van der Waals surface area contributed by atoms with Crippen molar-refractivity contribution in [3.63, 3.8) is 0 Å². The van der Waals surface area contributed by atoms with Crippen molar-refractivity contribution in [2.24, 2.45) is 41.4 Å². The molecule has 4 saturated carbocycles. The molecule has 0 amide bonds. The van der Waals surface area contributed by atoms with Crippen molar-refractivity contribution in [1.82, 2.24) is 0 Å². The van der Waals surface area contributed by atoms with Crippen LogP contribution in [-0.4, -0.2) is 24.7 Å². The second kappa shape index (κ2) is 9.94. The number of alkyl halides is 4. The summed E-state index contributed by atoms with van der Waals surface area (Å²) in [5.41, 5.74) is 0. The second-order valence-corrected chi connectivity index (χ2v) is 11.0. The monoisotopic (exact) mass is 428 g/mol. The van der Waals surface area contributed by atoms with Crippen LogP contribution >= 0.6 is 0 Å². The lowest BCUT2D eigenvalue weighted by Gasteiger charge is -2.44. The van der Waals surface area contributed by atoms with Gasteiger partial charge < -0.3 is 0 Å². The molecule has 0 radical (unpaired) electrons. The summed E-state index contributed by atoms with van der Waals surface area (Å²) in [7, 11) is 0. The van der Waals surface area contributed by atoms with Crippen LogP contribution < -0.4 is 0 Å². The van der Waals surface area contributed by atoms with Crippen molar-refractivity contribution in [3.8, 4) is 0 Å². The largest absolute Gasteiger partial charge is 0.247 e. The van der Waals surface area contributed by atoms with E-state index in [-0.39, 0.29) is 24.7 Å². The summed E-state index contributed by atoms with van der Waals surface area (Å²) in [4.78, 5) is 0. The van der Waals surface area contributed by atoms with Gasteiger partial charge in [0.05, 0.1) is 0 Å². The van der Waals surface area contributed by atoms with E-state index in [0.717, 1.165) is 30.6 Å². The van der Waals surface area contributed by atoms with Gasteiger partial charge in [0.1, 0.15) is 18.5 Å². The predicted molar refractivity (Wildman–Crippen MR) is 114 cm³/mol. The molecule has 0 aromatic carbocycles. The van der Waals surface area contributed by atoms with E-state index in [1.807, 2.05) is 0 Å². The smallest absolute Gasteiger partial charge is 0.162 e. The molecule has 5 unspecified atom stereocenters. The topological polar surface area (TPSA) is 0 Å². The fraction of sp³-hybridized carbons (Fsp3) is 0.923. The van der Waals surface area contributed by atoms with Crippen LogP contribution in [0.3, 0.4) is 0 Å². The number of hydrogen-bond acceptors (Lipinski definition) is 0. The van der Waals surface area contributed by atoms with Gasteiger partial charge in [0.25, 0.3) is 0 Å². The lowest BCUT2D eigenvalue weighted by atomic mass is 9.63. The van der Waals surface area contributed by atoms with E-state index in [1.54, 1.807) is 0 Å².